The standard InChI is InChI=1S/C22H38ClN4O4P/c1-4-7-8-9-10-11-12-13-19(14-15-29-18-32(28,30-5-2)31-6-3)27-17-26-20-21(23)24-16-25-22(20)27/h16-17,19H,4-15,18H2,1-3H3/t19-/m1/s1. The smallest absolute Gasteiger partial charge is 0.356 e. The van der Waals surface area contributed by atoms with Crippen LogP contribution in [0.3, 0.4) is 0 Å². The van der Waals surface area contributed by atoms with E-state index in [4.69, 9.17) is 25.4 Å². The maximum Gasteiger partial charge on any atom is 0.356 e. The lowest BCUT2D eigenvalue weighted by Gasteiger charge is -2.21. The summed E-state index contributed by atoms with van der Waals surface area (Å²) in [4.78, 5) is 12.8. The SMILES string of the molecule is CCCCCCCCC[C@H](CCOCP(=O)(OCC)OCC)n1cnc2c(Cl)ncnc21. The highest BCUT2D eigenvalue weighted by molar-refractivity contribution is 7.53. The minimum Gasteiger partial charge on any atom is -0.369 e. The average molecular weight is 489 g/mol. The van der Waals surface area contributed by atoms with E-state index >= 15 is 0 Å². The van der Waals surface area contributed by atoms with Crippen molar-refractivity contribution in [1.82, 2.24) is 19.5 Å². The van der Waals surface area contributed by atoms with Gasteiger partial charge in [0.25, 0.3) is 0 Å². The molecule has 32 heavy (non-hydrogen) atoms. The Morgan fingerprint density at radius 1 is 0.969 bits per heavy atom. The van der Waals surface area contributed by atoms with Gasteiger partial charge in [-0.15, -0.1) is 0 Å². The van der Waals surface area contributed by atoms with Crippen molar-refractivity contribution in [2.45, 2.75) is 84.6 Å². The Kier molecular flexibility index (Phi) is 12.7. The van der Waals surface area contributed by atoms with Gasteiger partial charge in [-0.25, -0.2) is 15.0 Å². The maximum absolute atomic E-state index is 12.6. The third-order valence-electron chi connectivity index (χ3n) is 5.34. The summed E-state index contributed by atoms with van der Waals surface area (Å²) in [5.41, 5.74) is 1.34. The molecule has 0 aliphatic rings. The summed E-state index contributed by atoms with van der Waals surface area (Å²) in [5, 5.41) is 0.356. The second-order valence-electron chi connectivity index (χ2n) is 7.82. The third kappa shape index (κ3) is 8.71. The molecule has 10 heteroatoms. The van der Waals surface area contributed by atoms with Gasteiger partial charge >= 0.3 is 7.60 Å². The van der Waals surface area contributed by atoms with E-state index in [1.165, 1.54) is 44.9 Å². The first kappa shape index (κ1) is 27.2. The van der Waals surface area contributed by atoms with Crippen LogP contribution in [0, 0.1) is 0 Å². The van der Waals surface area contributed by atoms with Gasteiger partial charge in [0.15, 0.2) is 10.8 Å². The number of nitrogens with zero attached hydrogens (tertiary/aromatic N) is 4. The number of rotatable bonds is 18. The monoisotopic (exact) mass is 488 g/mol. The number of aromatic nitrogens is 4. The molecule has 1 atom stereocenters. The van der Waals surface area contributed by atoms with Crippen LogP contribution in [-0.2, 0) is 18.3 Å². The first-order chi connectivity index (χ1) is 15.5. The molecular weight excluding hydrogens is 451 g/mol. The molecule has 2 aromatic heterocycles. The van der Waals surface area contributed by atoms with E-state index < -0.39 is 7.60 Å². The van der Waals surface area contributed by atoms with Crippen LogP contribution in [0.25, 0.3) is 11.2 Å². The van der Waals surface area contributed by atoms with Crippen molar-refractivity contribution in [2.75, 3.05) is 26.2 Å². The molecule has 0 fully saturated rings. The molecule has 182 valence electrons. The zero-order valence-electron chi connectivity index (χ0n) is 19.7. The van der Waals surface area contributed by atoms with Gasteiger partial charge in [-0.1, -0.05) is 63.5 Å². The molecule has 0 aliphatic carbocycles. The van der Waals surface area contributed by atoms with E-state index in [1.807, 2.05) is 0 Å². The van der Waals surface area contributed by atoms with Gasteiger partial charge < -0.3 is 18.4 Å². The molecule has 0 aliphatic heterocycles. The number of hydrogen-bond donors (Lipinski definition) is 0. The highest BCUT2D eigenvalue weighted by Crippen LogP contribution is 2.47. The molecule has 2 aromatic rings. The van der Waals surface area contributed by atoms with Crippen molar-refractivity contribution in [2.24, 2.45) is 0 Å². The van der Waals surface area contributed by atoms with Crippen LogP contribution in [0.15, 0.2) is 12.7 Å². The first-order valence-corrected chi connectivity index (χ1v) is 13.9. The zero-order chi connectivity index (χ0) is 23.2. The van der Waals surface area contributed by atoms with Gasteiger partial charge in [-0.2, -0.15) is 0 Å². The zero-order valence-corrected chi connectivity index (χ0v) is 21.3. The molecule has 0 amide bonds. The molecule has 0 radical (unpaired) electrons. The lowest BCUT2D eigenvalue weighted by atomic mass is 10.0. The molecule has 0 spiro atoms. The molecule has 0 unspecified atom stereocenters. The van der Waals surface area contributed by atoms with Crippen LogP contribution in [0.1, 0.15) is 84.6 Å². The number of imidazole rings is 1. The lowest BCUT2D eigenvalue weighted by molar-refractivity contribution is 0.122. The number of halogens is 1. The van der Waals surface area contributed by atoms with E-state index in [9.17, 15) is 4.57 Å². The van der Waals surface area contributed by atoms with E-state index in [2.05, 4.69) is 26.4 Å². The second-order valence-corrected chi connectivity index (χ2v) is 10.2. The Bertz CT molecular complexity index is 825. The summed E-state index contributed by atoms with van der Waals surface area (Å²) < 4.78 is 31.0. The number of ether oxygens (including phenoxy) is 1. The van der Waals surface area contributed by atoms with Crippen LogP contribution in [-0.4, -0.2) is 45.7 Å². The molecule has 8 nitrogen and oxygen atoms in total. The van der Waals surface area contributed by atoms with Crippen LogP contribution in [0.4, 0.5) is 0 Å². The molecule has 2 heterocycles. The summed E-state index contributed by atoms with van der Waals surface area (Å²) in [7, 11) is -3.20. The predicted molar refractivity (Wildman–Crippen MR) is 128 cm³/mol. The van der Waals surface area contributed by atoms with Crippen molar-refractivity contribution >= 4 is 30.4 Å². The van der Waals surface area contributed by atoms with Crippen LogP contribution < -0.4 is 0 Å². The Morgan fingerprint density at radius 2 is 1.66 bits per heavy atom. The molecule has 0 aromatic carbocycles. The Balaban J connectivity index is 1.96. The van der Waals surface area contributed by atoms with Crippen molar-refractivity contribution in [3.63, 3.8) is 0 Å². The van der Waals surface area contributed by atoms with Crippen molar-refractivity contribution < 1.29 is 18.3 Å². The Morgan fingerprint density at radius 3 is 2.34 bits per heavy atom. The molecule has 0 saturated carbocycles. The van der Waals surface area contributed by atoms with Gasteiger partial charge in [0.2, 0.25) is 0 Å². The molecular formula is C22H38ClN4O4P. The second kappa shape index (κ2) is 15.0. The minimum absolute atomic E-state index is 0.0441. The van der Waals surface area contributed by atoms with Gasteiger partial charge in [0, 0.05) is 12.6 Å². The summed E-state index contributed by atoms with van der Waals surface area (Å²) >= 11 is 6.19. The van der Waals surface area contributed by atoms with Gasteiger partial charge in [0.1, 0.15) is 18.2 Å². The number of hydrogen-bond acceptors (Lipinski definition) is 7. The van der Waals surface area contributed by atoms with Crippen molar-refractivity contribution in [1.29, 1.82) is 0 Å². The largest absolute Gasteiger partial charge is 0.369 e. The van der Waals surface area contributed by atoms with Crippen molar-refractivity contribution in [3.8, 4) is 0 Å². The summed E-state index contributed by atoms with van der Waals surface area (Å²) in [5.74, 6) is 0. The van der Waals surface area contributed by atoms with Crippen LogP contribution >= 0.6 is 19.2 Å². The fraction of sp³-hybridized carbons (Fsp3) is 0.773. The van der Waals surface area contributed by atoms with Crippen molar-refractivity contribution in [3.05, 3.63) is 17.8 Å². The number of fused-ring (bicyclic) bond motifs is 1. The van der Waals surface area contributed by atoms with E-state index in [1.54, 1.807) is 20.2 Å². The molecule has 0 N–H and O–H groups in total. The number of unbranched alkanes of at least 4 members (excludes halogenated alkanes) is 6. The van der Waals surface area contributed by atoms with Gasteiger partial charge in [0.05, 0.1) is 19.5 Å². The summed E-state index contributed by atoms with van der Waals surface area (Å²) in [6, 6.07) is 0.153. The highest BCUT2D eigenvalue weighted by Gasteiger charge is 2.24. The summed E-state index contributed by atoms with van der Waals surface area (Å²) in [6.45, 7) is 6.90. The maximum atomic E-state index is 12.6. The average Bonchev–Trinajstić information content (AvgIpc) is 3.20. The van der Waals surface area contributed by atoms with Crippen LogP contribution in [0.2, 0.25) is 5.15 Å². The van der Waals surface area contributed by atoms with Gasteiger partial charge in [-0.3, -0.25) is 4.57 Å². The first-order valence-electron chi connectivity index (χ1n) is 11.8. The quantitative estimate of drug-likeness (QED) is 0.129. The Hall–Kier alpha value is -1.05. The van der Waals surface area contributed by atoms with E-state index in [0.717, 1.165) is 24.9 Å². The fourth-order valence-corrected chi connectivity index (χ4v) is 5.29. The molecule has 2 rings (SSSR count). The highest BCUT2D eigenvalue weighted by atomic mass is 35.5. The van der Waals surface area contributed by atoms with Crippen LogP contribution in [0.5, 0.6) is 0 Å². The third-order valence-corrected chi connectivity index (χ3v) is 7.42. The van der Waals surface area contributed by atoms with E-state index in [-0.39, 0.29) is 12.4 Å². The fourth-order valence-electron chi connectivity index (χ4n) is 3.75. The molecule has 0 bridgehead atoms. The molecule has 0 saturated heterocycles. The lowest BCUT2D eigenvalue weighted by Crippen LogP contribution is -2.13. The minimum atomic E-state index is -3.20. The topological polar surface area (TPSA) is 88.4 Å². The van der Waals surface area contributed by atoms with E-state index in [0.29, 0.717) is 30.5 Å². The predicted octanol–water partition coefficient (Wildman–Crippen LogP) is 6.79. The van der Waals surface area contributed by atoms with Gasteiger partial charge in [-0.05, 0) is 26.7 Å². The summed E-state index contributed by atoms with van der Waals surface area (Å²) in [6.07, 6.45) is 13.7. The Labute approximate surface area is 197 Å². The normalized spacial score (nSPS) is 13.1.